The van der Waals surface area contributed by atoms with Gasteiger partial charge in [-0.15, -0.1) is 0 Å². The smallest absolute Gasteiger partial charge is 0.145 e. The van der Waals surface area contributed by atoms with Crippen molar-refractivity contribution in [1.29, 1.82) is 0 Å². The number of allylic oxidation sites excluding steroid dienone is 5. The minimum Gasteiger partial charge on any atom is -0.267 e. The van der Waals surface area contributed by atoms with Crippen molar-refractivity contribution < 1.29 is 5.43 Å². The summed E-state index contributed by atoms with van der Waals surface area (Å²) in [5, 5.41) is 1.20. The molecule has 1 atom stereocenters. The van der Waals surface area contributed by atoms with E-state index in [1.807, 2.05) is 17.2 Å². The summed E-state index contributed by atoms with van der Waals surface area (Å²) < 4.78 is 0. The number of fused-ring (bicyclic) bond motifs is 1. The number of rotatable bonds is 3. The Labute approximate surface area is 87.0 Å². The van der Waals surface area contributed by atoms with Crippen molar-refractivity contribution in [3.63, 3.8) is 0 Å². The maximum absolute atomic E-state index is 3.08. The maximum atomic E-state index is 3.08. The summed E-state index contributed by atoms with van der Waals surface area (Å²) in [6.07, 6.45) is 10.8. The highest BCUT2D eigenvalue weighted by atomic mass is 32.2. The van der Waals surface area contributed by atoms with Crippen molar-refractivity contribution in [2.45, 2.75) is 0 Å². The normalized spacial score (nSPS) is 27.4. The van der Waals surface area contributed by atoms with E-state index < -0.39 is 0 Å². The van der Waals surface area contributed by atoms with Crippen LogP contribution in [0.3, 0.4) is 0 Å². The van der Waals surface area contributed by atoms with Gasteiger partial charge in [0.2, 0.25) is 0 Å². The lowest BCUT2D eigenvalue weighted by molar-refractivity contribution is -0.646. The molecular weight excluding hydrogens is 194 g/mol. The molecule has 1 heterocycles. The van der Waals surface area contributed by atoms with E-state index in [1.54, 1.807) is 5.57 Å². The molecule has 1 unspecified atom stereocenters. The van der Waals surface area contributed by atoms with Crippen molar-refractivity contribution in [3.05, 3.63) is 46.7 Å². The van der Waals surface area contributed by atoms with Gasteiger partial charge in [-0.25, -0.2) is 5.43 Å². The second kappa shape index (κ2) is 3.31. The van der Waals surface area contributed by atoms with Gasteiger partial charge < -0.3 is 0 Å². The third-order valence-corrected chi connectivity index (χ3v) is 3.59. The lowest BCUT2D eigenvalue weighted by Crippen LogP contribution is -2.87. The fourth-order valence-electron chi connectivity index (χ4n) is 1.76. The molecule has 0 radical (unpaired) electrons. The van der Waals surface area contributed by atoms with Gasteiger partial charge in [-0.2, -0.15) is 0 Å². The van der Waals surface area contributed by atoms with Crippen LogP contribution in [0.2, 0.25) is 0 Å². The van der Waals surface area contributed by atoms with Gasteiger partial charge in [-0.1, -0.05) is 41.6 Å². The molecule has 0 fully saturated rings. The molecule has 0 saturated heterocycles. The molecule has 0 saturated carbocycles. The van der Waals surface area contributed by atoms with Crippen LogP contribution in [-0.2, 0) is 0 Å². The molecule has 14 heavy (non-hydrogen) atoms. The zero-order chi connectivity index (χ0) is 9.38. The van der Waals surface area contributed by atoms with E-state index in [1.165, 1.54) is 10.6 Å². The molecule has 2 aliphatic carbocycles. The molecule has 0 amide bonds. The van der Waals surface area contributed by atoms with Gasteiger partial charge in [-0.05, 0) is 11.1 Å². The number of hydrogen-bond donors (Lipinski definition) is 3. The summed E-state index contributed by atoms with van der Waals surface area (Å²) in [5.74, 6) is 1.76. The Balaban J connectivity index is 1.57. The summed E-state index contributed by atoms with van der Waals surface area (Å²) in [7, 11) is 0. The van der Waals surface area contributed by atoms with Crippen LogP contribution in [0.25, 0.3) is 0 Å². The van der Waals surface area contributed by atoms with Crippen molar-refractivity contribution in [2.75, 3.05) is 5.75 Å². The minimum atomic E-state index is 0.659. The average Bonchev–Trinajstić information content (AvgIpc) is 2.69. The van der Waals surface area contributed by atoms with Crippen molar-refractivity contribution in [3.8, 4) is 0 Å². The molecule has 0 spiro atoms. The van der Waals surface area contributed by atoms with Crippen LogP contribution in [0.5, 0.6) is 0 Å². The van der Waals surface area contributed by atoms with E-state index in [2.05, 4.69) is 41.5 Å². The lowest BCUT2D eigenvalue weighted by Gasteiger charge is -1.97. The van der Waals surface area contributed by atoms with Crippen LogP contribution in [0.15, 0.2) is 46.7 Å². The highest BCUT2D eigenvalue weighted by Gasteiger charge is 2.33. The number of hydrazine groups is 1. The quantitative estimate of drug-likeness (QED) is 0.576. The van der Waals surface area contributed by atoms with Gasteiger partial charge in [0, 0.05) is 11.7 Å². The fourth-order valence-corrected chi connectivity index (χ4v) is 2.71. The Hall–Kier alpha value is -0.970. The summed E-state index contributed by atoms with van der Waals surface area (Å²) in [6.45, 7) is 0. The van der Waals surface area contributed by atoms with Gasteiger partial charge in [0.15, 0.2) is 0 Å². The largest absolute Gasteiger partial charge is 0.267 e. The lowest BCUT2D eigenvalue weighted by atomic mass is 10.2. The summed E-state index contributed by atoms with van der Waals surface area (Å²) in [4.78, 5) is 0. The Morgan fingerprint density at radius 1 is 1.43 bits per heavy atom. The zero-order valence-electron chi connectivity index (χ0n) is 7.66. The Kier molecular flexibility index (Phi) is 1.97. The van der Waals surface area contributed by atoms with Crippen LogP contribution >= 0.6 is 11.8 Å². The molecule has 3 rings (SSSR count). The van der Waals surface area contributed by atoms with Crippen molar-refractivity contribution in [1.82, 2.24) is 11.0 Å². The summed E-state index contributed by atoms with van der Waals surface area (Å²) in [6, 6.07) is 0. The van der Waals surface area contributed by atoms with E-state index >= 15 is 0 Å². The van der Waals surface area contributed by atoms with Gasteiger partial charge in [0.1, 0.15) is 11.2 Å². The van der Waals surface area contributed by atoms with Gasteiger partial charge >= 0.3 is 0 Å². The fraction of sp³-hybridized carbons (Fsp3) is 0.200. The van der Waals surface area contributed by atoms with E-state index in [9.17, 15) is 0 Å². The molecule has 3 aliphatic rings. The molecule has 4 heteroatoms. The van der Waals surface area contributed by atoms with Crippen LogP contribution in [0.1, 0.15) is 0 Å². The van der Waals surface area contributed by atoms with Crippen molar-refractivity contribution in [2.24, 2.45) is 5.92 Å². The first-order valence-electron chi connectivity index (χ1n) is 4.71. The highest BCUT2D eigenvalue weighted by molar-refractivity contribution is 8.03. The molecule has 3 nitrogen and oxygen atoms in total. The zero-order valence-corrected chi connectivity index (χ0v) is 8.47. The Morgan fingerprint density at radius 2 is 2.43 bits per heavy atom. The second-order valence-electron chi connectivity index (χ2n) is 3.46. The molecule has 0 aromatic heterocycles. The molecule has 72 valence electrons. The van der Waals surface area contributed by atoms with Crippen LogP contribution in [0, 0.1) is 5.92 Å². The molecule has 1 aliphatic heterocycles. The van der Waals surface area contributed by atoms with E-state index in [0.29, 0.717) is 5.92 Å². The number of nitrogens with one attached hydrogen (secondary N) is 2. The first kappa shape index (κ1) is 8.35. The van der Waals surface area contributed by atoms with Crippen LogP contribution in [0.4, 0.5) is 0 Å². The second-order valence-corrected chi connectivity index (χ2v) is 4.48. The average molecular weight is 206 g/mol. The molecule has 0 aromatic carbocycles. The van der Waals surface area contributed by atoms with Crippen LogP contribution < -0.4 is 16.4 Å². The highest BCUT2D eigenvalue weighted by Crippen LogP contribution is 2.45. The first-order valence-corrected chi connectivity index (χ1v) is 5.69. The number of quaternary nitrogens is 1. The SMILES string of the molecule is C1=CC2=C(CSC3=C[NH2+]NN3)C2C=C1. The van der Waals surface area contributed by atoms with Crippen LogP contribution in [-0.4, -0.2) is 5.75 Å². The maximum Gasteiger partial charge on any atom is 0.145 e. The monoisotopic (exact) mass is 206 g/mol. The predicted molar refractivity (Wildman–Crippen MR) is 57.5 cm³/mol. The first-order chi connectivity index (χ1) is 6.95. The van der Waals surface area contributed by atoms with E-state index in [0.717, 1.165) is 5.75 Å². The number of nitrogens with two attached hydrogens (primary N) is 1. The molecule has 0 aromatic rings. The molecular formula is C10H12N3S+. The third-order valence-electron chi connectivity index (χ3n) is 2.58. The van der Waals surface area contributed by atoms with E-state index in [4.69, 9.17) is 0 Å². The molecule has 4 N–H and O–H groups in total. The standard InChI is InChI=1S/C10H11N3S/c1-2-4-8-7(3-1)9(8)6-14-10-5-11-13-12-10/h1-5,7,11-13H,6H2/p+1. The van der Waals surface area contributed by atoms with Gasteiger partial charge in [-0.3, -0.25) is 5.43 Å². The predicted octanol–water partition coefficient (Wildman–Crippen LogP) is 0.157. The topological polar surface area (TPSA) is 40.7 Å². The summed E-state index contributed by atoms with van der Waals surface area (Å²) in [5.41, 5.74) is 11.0. The van der Waals surface area contributed by atoms with E-state index in [-0.39, 0.29) is 0 Å². The minimum absolute atomic E-state index is 0.659. The van der Waals surface area contributed by atoms with Gasteiger partial charge in [0.25, 0.3) is 0 Å². The Bertz CT molecular complexity index is 379. The third kappa shape index (κ3) is 1.41. The summed E-state index contributed by atoms with van der Waals surface area (Å²) >= 11 is 1.85. The number of hydrogen-bond acceptors (Lipinski definition) is 3. The molecule has 0 bridgehead atoms. The Morgan fingerprint density at radius 3 is 3.14 bits per heavy atom. The van der Waals surface area contributed by atoms with Crippen molar-refractivity contribution >= 4 is 11.8 Å². The van der Waals surface area contributed by atoms with Gasteiger partial charge in [0.05, 0.1) is 0 Å². The number of thioether (sulfide) groups is 1.